The first-order valence-electron chi connectivity index (χ1n) is 10.3. The lowest BCUT2D eigenvalue weighted by molar-refractivity contribution is -0.123. The predicted molar refractivity (Wildman–Crippen MR) is 125 cm³/mol. The number of carbonyl (C=O) groups excluding carboxylic acids is 2. The first kappa shape index (κ1) is 20.7. The molecule has 2 heterocycles. The predicted octanol–water partition coefficient (Wildman–Crippen LogP) is 5.95. The van der Waals surface area contributed by atoms with Crippen molar-refractivity contribution in [2.24, 2.45) is 0 Å². The Morgan fingerprint density at radius 1 is 1.13 bits per heavy atom. The van der Waals surface area contributed by atoms with E-state index in [1.807, 2.05) is 43.3 Å². The summed E-state index contributed by atoms with van der Waals surface area (Å²) in [5.41, 5.74) is 5.73. The summed E-state index contributed by atoms with van der Waals surface area (Å²) in [6, 6.07) is 14.3. The van der Waals surface area contributed by atoms with E-state index in [1.165, 1.54) is 16.2 Å². The molecule has 1 fully saturated rings. The number of fused-ring (bicyclic) bond motifs is 1. The van der Waals surface area contributed by atoms with Crippen LogP contribution in [0.1, 0.15) is 55.4 Å². The van der Waals surface area contributed by atoms with Crippen molar-refractivity contribution >= 4 is 34.7 Å². The molecular formula is C25H28N2O2S. The molecule has 4 nitrogen and oxygen atoms in total. The summed E-state index contributed by atoms with van der Waals surface area (Å²) in [5.74, 6) is 0.228. The van der Waals surface area contributed by atoms with Crippen LogP contribution in [0.2, 0.25) is 0 Å². The Labute approximate surface area is 182 Å². The number of aryl methyl sites for hydroxylation is 1. The van der Waals surface area contributed by atoms with Crippen LogP contribution >= 0.6 is 11.8 Å². The van der Waals surface area contributed by atoms with Crippen molar-refractivity contribution in [3.63, 3.8) is 0 Å². The second kappa shape index (κ2) is 7.62. The zero-order chi connectivity index (χ0) is 21.6. The van der Waals surface area contributed by atoms with E-state index in [-0.39, 0.29) is 16.7 Å². The summed E-state index contributed by atoms with van der Waals surface area (Å²) in [7, 11) is 2.14. The van der Waals surface area contributed by atoms with Crippen LogP contribution in [0.5, 0.6) is 0 Å². The average molecular weight is 421 g/mol. The minimum Gasteiger partial charge on any atom is -0.369 e. The van der Waals surface area contributed by atoms with Crippen LogP contribution in [0.15, 0.2) is 47.4 Å². The molecule has 0 aromatic heterocycles. The molecule has 2 aliphatic heterocycles. The summed E-state index contributed by atoms with van der Waals surface area (Å²) >= 11 is 1.03. The Bertz CT molecular complexity index is 1040. The lowest BCUT2D eigenvalue weighted by Crippen LogP contribution is -2.45. The monoisotopic (exact) mass is 420 g/mol. The van der Waals surface area contributed by atoms with Crippen molar-refractivity contribution < 1.29 is 9.59 Å². The molecule has 1 atom stereocenters. The fourth-order valence-electron chi connectivity index (χ4n) is 4.35. The standard InChI is InChI=1S/C25H28N2O2S/c1-16-6-8-18(9-7-16)15-27-23(28)22(30-24(27)29)13-19-10-11-21-20(12-19)17(2)14-25(3,4)26(21)5/h6-13,17H,14-15H2,1-5H3/b22-13-/t17-/m1/s1. The molecule has 0 unspecified atom stereocenters. The van der Waals surface area contributed by atoms with Crippen molar-refractivity contribution in [1.82, 2.24) is 4.90 Å². The Hall–Kier alpha value is -2.53. The Morgan fingerprint density at radius 2 is 1.83 bits per heavy atom. The highest BCUT2D eigenvalue weighted by atomic mass is 32.2. The van der Waals surface area contributed by atoms with E-state index in [1.54, 1.807) is 0 Å². The van der Waals surface area contributed by atoms with Gasteiger partial charge in [0.25, 0.3) is 11.1 Å². The molecule has 0 N–H and O–H groups in total. The normalized spacial score (nSPS) is 22.0. The highest BCUT2D eigenvalue weighted by molar-refractivity contribution is 8.18. The van der Waals surface area contributed by atoms with Gasteiger partial charge in [0.1, 0.15) is 0 Å². The van der Waals surface area contributed by atoms with Crippen LogP contribution in [0.4, 0.5) is 10.5 Å². The molecule has 0 bridgehead atoms. The number of anilines is 1. The van der Waals surface area contributed by atoms with Gasteiger partial charge in [-0.3, -0.25) is 14.5 Å². The molecule has 30 heavy (non-hydrogen) atoms. The smallest absolute Gasteiger partial charge is 0.293 e. The maximum atomic E-state index is 12.9. The van der Waals surface area contributed by atoms with Gasteiger partial charge in [-0.05, 0) is 79.8 Å². The number of amides is 2. The number of hydrogen-bond donors (Lipinski definition) is 0. The van der Waals surface area contributed by atoms with Crippen LogP contribution in [-0.4, -0.2) is 28.6 Å². The third kappa shape index (κ3) is 3.79. The fraction of sp³-hybridized carbons (Fsp3) is 0.360. The molecule has 2 aliphatic rings. The van der Waals surface area contributed by atoms with Gasteiger partial charge in [-0.25, -0.2) is 0 Å². The molecule has 0 saturated carbocycles. The van der Waals surface area contributed by atoms with Crippen molar-refractivity contribution in [3.8, 4) is 0 Å². The molecule has 2 aromatic carbocycles. The summed E-state index contributed by atoms with van der Waals surface area (Å²) in [6.45, 7) is 9.12. The first-order chi connectivity index (χ1) is 14.2. The van der Waals surface area contributed by atoms with Gasteiger partial charge >= 0.3 is 0 Å². The number of rotatable bonds is 3. The minimum absolute atomic E-state index is 0.118. The lowest BCUT2D eigenvalue weighted by Gasteiger charge is -2.45. The SMILES string of the molecule is Cc1ccc(CN2C(=O)S/C(=C\c3ccc4c(c3)[C@H](C)CC(C)(C)N4C)C2=O)cc1. The van der Waals surface area contributed by atoms with Crippen LogP contribution < -0.4 is 4.90 Å². The summed E-state index contributed by atoms with van der Waals surface area (Å²) in [4.78, 5) is 29.5. The van der Waals surface area contributed by atoms with E-state index in [4.69, 9.17) is 0 Å². The second-order valence-corrected chi connectivity index (χ2v) is 10.0. The van der Waals surface area contributed by atoms with Gasteiger partial charge in [-0.1, -0.05) is 42.8 Å². The van der Waals surface area contributed by atoms with Gasteiger partial charge in [0.05, 0.1) is 11.4 Å². The largest absolute Gasteiger partial charge is 0.369 e. The van der Waals surface area contributed by atoms with Crippen molar-refractivity contribution in [1.29, 1.82) is 0 Å². The Kier molecular flexibility index (Phi) is 5.27. The Morgan fingerprint density at radius 3 is 2.53 bits per heavy atom. The van der Waals surface area contributed by atoms with Gasteiger partial charge < -0.3 is 4.90 Å². The molecule has 0 radical (unpaired) electrons. The third-order valence-corrected chi connectivity index (χ3v) is 7.20. The van der Waals surface area contributed by atoms with Gasteiger partial charge in [-0.15, -0.1) is 0 Å². The number of thioether (sulfide) groups is 1. The van der Waals surface area contributed by atoms with Gasteiger partial charge in [-0.2, -0.15) is 0 Å². The van der Waals surface area contributed by atoms with Crippen molar-refractivity contribution in [3.05, 3.63) is 69.6 Å². The zero-order valence-corrected chi connectivity index (χ0v) is 19.0. The van der Waals surface area contributed by atoms with Gasteiger partial charge in [0, 0.05) is 18.3 Å². The summed E-state index contributed by atoms with van der Waals surface area (Å²) in [5, 5.41) is -0.209. The van der Waals surface area contributed by atoms with Gasteiger partial charge in [0.2, 0.25) is 0 Å². The first-order valence-corrected chi connectivity index (χ1v) is 11.2. The van der Waals surface area contributed by atoms with Crippen molar-refractivity contribution in [2.45, 2.75) is 52.1 Å². The third-order valence-electron chi connectivity index (χ3n) is 6.29. The molecule has 2 amide bonds. The van der Waals surface area contributed by atoms with Crippen molar-refractivity contribution in [2.75, 3.05) is 11.9 Å². The maximum Gasteiger partial charge on any atom is 0.293 e. The number of carbonyl (C=O) groups is 2. The van der Waals surface area contributed by atoms with Crippen LogP contribution in [0.3, 0.4) is 0 Å². The van der Waals surface area contributed by atoms with Gasteiger partial charge in [0.15, 0.2) is 0 Å². The summed E-state index contributed by atoms with van der Waals surface area (Å²) in [6.07, 6.45) is 2.93. The van der Waals surface area contributed by atoms with E-state index in [0.717, 1.165) is 34.9 Å². The number of hydrogen-bond acceptors (Lipinski definition) is 4. The maximum absolute atomic E-state index is 12.9. The number of benzene rings is 2. The molecule has 156 valence electrons. The molecule has 5 heteroatoms. The molecular weight excluding hydrogens is 392 g/mol. The summed E-state index contributed by atoms with van der Waals surface area (Å²) < 4.78 is 0. The van der Waals surface area contributed by atoms with Crippen LogP contribution in [-0.2, 0) is 11.3 Å². The van der Waals surface area contributed by atoms with E-state index < -0.39 is 0 Å². The highest BCUT2D eigenvalue weighted by Crippen LogP contribution is 2.43. The minimum atomic E-state index is -0.213. The molecule has 1 saturated heterocycles. The van der Waals surface area contributed by atoms with E-state index >= 15 is 0 Å². The molecule has 0 aliphatic carbocycles. The Balaban J connectivity index is 1.58. The van der Waals surface area contributed by atoms with E-state index in [9.17, 15) is 9.59 Å². The lowest BCUT2D eigenvalue weighted by atomic mass is 9.80. The second-order valence-electron chi connectivity index (χ2n) is 9.05. The molecule has 0 spiro atoms. The number of imide groups is 1. The van der Waals surface area contributed by atoms with E-state index in [2.05, 4.69) is 44.9 Å². The number of nitrogens with zero attached hydrogens (tertiary/aromatic N) is 2. The van der Waals surface area contributed by atoms with E-state index in [0.29, 0.717) is 17.4 Å². The topological polar surface area (TPSA) is 40.6 Å². The quantitative estimate of drug-likeness (QED) is 0.575. The van der Waals surface area contributed by atoms with Crippen LogP contribution in [0, 0.1) is 6.92 Å². The fourth-order valence-corrected chi connectivity index (χ4v) is 5.19. The molecule has 4 rings (SSSR count). The van der Waals surface area contributed by atoms with Crippen LogP contribution in [0.25, 0.3) is 6.08 Å². The molecule has 2 aromatic rings. The average Bonchev–Trinajstić information content (AvgIpc) is 2.95. The highest BCUT2D eigenvalue weighted by Gasteiger charge is 2.36. The zero-order valence-electron chi connectivity index (χ0n) is 18.2.